The average molecular weight is 569 g/mol. The molecule has 1 aliphatic rings. The van der Waals surface area contributed by atoms with Crippen molar-refractivity contribution in [3.63, 3.8) is 0 Å². The van der Waals surface area contributed by atoms with Crippen LogP contribution in [0.15, 0.2) is 97.1 Å². The second-order valence-corrected chi connectivity index (χ2v) is 11.2. The second kappa shape index (κ2) is 13.6. The second-order valence-electron chi connectivity index (χ2n) is 11.2. The number of nitrogens with two attached hydrogens (primary N) is 1. The van der Waals surface area contributed by atoms with E-state index in [1.54, 1.807) is 18.2 Å². The van der Waals surface area contributed by atoms with Gasteiger partial charge in [-0.3, -0.25) is 0 Å². The first kappa shape index (κ1) is 29.9. The summed E-state index contributed by atoms with van der Waals surface area (Å²) >= 11 is 0. The van der Waals surface area contributed by atoms with Crippen LogP contribution in [0.3, 0.4) is 0 Å². The highest BCUT2D eigenvalue weighted by atomic mass is 16.7. The van der Waals surface area contributed by atoms with Crippen molar-refractivity contribution < 1.29 is 24.8 Å². The first-order chi connectivity index (χ1) is 20.3. The van der Waals surface area contributed by atoms with E-state index in [0.717, 1.165) is 33.4 Å². The molecule has 0 saturated carbocycles. The summed E-state index contributed by atoms with van der Waals surface area (Å²) in [6, 6.07) is 31.0. The summed E-state index contributed by atoms with van der Waals surface area (Å²) in [6.07, 6.45) is -1.79. The molecule has 1 aliphatic heterocycles. The van der Waals surface area contributed by atoms with E-state index in [9.17, 15) is 15.3 Å². The first-order valence-corrected chi connectivity index (χ1v) is 14.4. The fourth-order valence-electron chi connectivity index (χ4n) is 5.59. The van der Waals surface area contributed by atoms with E-state index < -0.39 is 12.4 Å². The maximum absolute atomic E-state index is 10.8. The molecule has 1 saturated heterocycles. The normalized spacial score (nSPS) is 21.4. The van der Waals surface area contributed by atoms with Crippen molar-refractivity contribution in [2.24, 2.45) is 11.7 Å². The molecule has 0 aliphatic carbocycles. The topological polar surface area (TPSA) is 108 Å². The van der Waals surface area contributed by atoms with Crippen LogP contribution in [0.1, 0.15) is 53.2 Å². The van der Waals surface area contributed by atoms with E-state index in [-0.39, 0.29) is 30.5 Å². The number of aliphatic hydroxyl groups is 2. The highest BCUT2D eigenvalue weighted by Gasteiger charge is 2.39. The molecule has 0 bridgehead atoms. The Hall–Kier alpha value is -3.56. The van der Waals surface area contributed by atoms with Gasteiger partial charge in [0.15, 0.2) is 6.29 Å². The lowest BCUT2D eigenvalue weighted by molar-refractivity contribution is -0.276. The molecule has 7 heteroatoms. The zero-order valence-electron chi connectivity index (χ0n) is 24.1. The van der Waals surface area contributed by atoms with Gasteiger partial charge in [0, 0.05) is 31.1 Å². The lowest BCUT2D eigenvalue weighted by Crippen LogP contribution is -2.44. The van der Waals surface area contributed by atoms with Crippen molar-refractivity contribution in [3.8, 4) is 16.9 Å². The summed E-state index contributed by atoms with van der Waals surface area (Å²) in [5.41, 5.74) is 12.5. The van der Waals surface area contributed by atoms with Gasteiger partial charge in [-0.1, -0.05) is 79.7 Å². The molecule has 5 atom stereocenters. The Kier molecular flexibility index (Phi) is 9.69. The van der Waals surface area contributed by atoms with Gasteiger partial charge in [-0.2, -0.15) is 0 Å². The van der Waals surface area contributed by atoms with Crippen LogP contribution >= 0.6 is 0 Å². The predicted octanol–water partition coefficient (Wildman–Crippen LogP) is 5.47. The number of phenolic OH excluding ortho intramolecular Hbond substituents is 1. The summed E-state index contributed by atoms with van der Waals surface area (Å²) in [5.74, 6) is 0.136. The number of rotatable bonds is 10. The Morgan fingerprint density at radius 3 is 2.26 bits per heavy atom. The summed E-state index contributed by atoms with van der Waals surface area (Å²) in [7, 11) is 1.96. The number of nitrogens with zero attached hydrogens (tertiary/aromatic N) is 1. The van der Waals surface area contributed by atoms with Crippen LogP contribution in [0.25, 0.3) is 11.1 Å². The van der Waals surface area contributed by atoms with Gasteiger partial charge >= 0.3 is 0 Å². The van der Waals surface area contributed by atoms with Crippen LogP contribution in [0.5, 0.6) is 5.75 Å². The van der Waals surface area contributed by atoms with Crippen molar-refractivity contribution in [2.75, 3.05) is 20.1 Å². The van der Waals surface area contributed by atoms with Crippen molar-refractivity contribution in [1.29, 1.82) is 0 Å². The predicted molar refractivity (Wildman–Crippen MR) is 163 cm³/mol. The largest absolute Gasteiger partial charge is 0.508 e. The van der Waals surface area contributed by atoms with Crippen LogP contribution in [0, 0.1) is 5.92 Å². The van der Waals surface area contributed by atoms with Crippen LogP contribution < -0.4 is 5.73 Å². The Morgan fingerprint density at radius 2 is 1.55 bits per heavy atom. The van der Waals surface area contributed by atoms with Gasteiger partial charge in [0.1, 0.15) is 5.75 Å². The number of aliphatic hydroxyl groups excluding tert-OH is 2. The number of ether oxygens (including phenoxy) is 2. The lowest BCUT2D eigenvalue weighted by Gasteiger charge is -2.42. The van der Waals surface area contributed by atoms with E-state index in [1.165, 1.54) is 0 Å². The maximum Gasteiger partial charge on any atom is 0.184 e. The molecule has 0 amide bonds. The molecule has 42 heavy (non-hydrogen) atoms. The minimum Gasteiger partial charge on any atom is -0.508 e. The maximum atomic E-state index is 10.8. The van der Waals surface area contributed by atoms with E-state index in [0.29, 0.717) is 25.2 Å². The van der Waals surface area contributed by atoms with Crippen LogP contribution in [0.2, 0.25) is 0 Å². The van der Waals surface area contributed by atoms with Crippen molar-refractivity contribution in [3.05, 3.63) is 125 Å². The fourth-order valence-corrected chi connectivity index (χ4v) is 5.59. The van der Waals surface area contributed by atoms with Crippen LogP contribution in [0.4, 0.5) is 0 Å². The molecule has 5 N–H and O–H groups in total. The van der Waals surface area contributed by atoms with Gasteiger partial charge in [0.2, 0.25) is 0 Å². The lowest BCUT2D eigenvalue weighted by atomic mass is 9.89. The van der Waals surface area contributed by atoms with Gasteiger partial charge in [-0.25, -0.2) is 0 Å². The van der Waals surface area contributed by atoms with Gasteiger partial charge in [0.05, 0.1) is 24.9 Å². The third kappa shape index (κ3) is 7.07. The van der Waals surface area contributed by atoms with E-state index in [1.807, 2.05) is 61.6 Å². The zero-order chi connectivity index (χ0) is 29.6. The number of aromatic hydroxyl groups is 1. The molecule has 4 aromatic rings. The minimum atomic E-state index is -0.754. The average Bonchev–Trinajstić information content (AvgIpc) is 3.02. The number of likely N-dealkylation sites (N-methyl/N-ethyl adjacent to an activating group) is 1. The van der Waals surface area contributed by atoms with E-state index in [4.69, 9.17) is 15.2 Å². The van der Waals surface area contributed by atoms with Gasteiger partial charge in [-0.15, -0.1) is 0 Å². The molecule has 0 unspecified atom stereocenters. The molecule has 7 nitrogen and oxygen atoms in total. The molecule has 5 rings (SSSR count). The molecule has 4 aromatic carbocycles. The number of phenols is 1. The van der Waals surface area contributed by atoms with E-state index >= 15 is 0 Å². The Morgan fingerprint density at radius 1 is 0.833 bits per heavy atom. The van der Waals surface area contributed by atoms with Gasteiger partial charge < -0.3 is 35.4 Å². The summed E-state index contributed by atoms with van der Waals surface area (Å²) in [4.78, 5) is 2.05. The molecular weight excluding hydrogens is 528 g/mol. The molecule has 0 radical (unpaired) electrons. The monoisotopic (exact) mass is 568 g/mol. The first-order valence-electron chi connectivity index (χ1n) is 14.4. The van der Waals surface area contributed by atoms with Crippen molar-refractivity contribution in [1.82, 2.24) is 4.90 Å². The third-order valence-electron chi connectivity index (χ3n) is 8.01. The van der Waals surface area contributed by atoms with Gasteiger partial charge in [0.25, 0.3) is 0 Å². The summed E-state index contributed by atoms with van der Waals surface area (Å²) < 4.78 is 13.3. The minimum absolute atomic E-state index is 0.00556. The summed E-state index contributed by atoms with van der Waals surface area (Å²) in [5, 5.41) is 30.2. The van der Waals surface area contributed by atoms with Crippen molar-refractivity contribution >= 4 is 0 Å². The van der Waals surface area contributed by atoms with Crippen LogP contribution in [-0.2, 0) is 22.6 Å². The molecule has 0 spiro atoms. The molecule has 220 valence electrons. The molecule has 1 fully saturated rings. The Balaban J connectivity index is 1.40. The van der Waals surface area contributed by atoms with Crippen LogP contribution in [-0.4, -0.2) is 46.5 Å². The number of hydrogen-bond acceptors (Lipinski definition) is 7. The third-order valence-corrected chi connectivity index (χ3v) is 8.01. The SMILES string of the molecule is C[C@@H]1[C@H](CN(C)C[C@@H](O)c2cccc(O)c2)O[C@H](c2cccc(-c3cccc(CN)c3)c2)O[C@@H]1c1ccc(CO)cc1. The Bertz CT molecular complexity index is 1460. The Labute approximate surface area is 247 Å². The van der Waals surface area contributed by atoms with Crippen molar-refractivity contribution in [2.45, 2.75) is 44.7 Å². The summed E-state index contributed by atoms with van der Waals surface area (Å²) in [6.45, 7) is 3.54. The highest BCUT2D eigenvalue weighted by molar-refractivity contribution is 5.65. The molecule has 0 aromatic heterocycles. The molecule has 1 heterocycles. The van der Waals surface area contributed by atoms with Gasteiger partial charge in [-0.05, 0) is 64.7 Å². The number of hydrogen-bond donors (Lipinski definition) is 4. The standard InChI is InChI=1S/C35H40N2O5/c1-23-33(21-37(2)20-32(40)29-9-5-11-31(39)18-29)41-35(42-34(23)26-14-12-24(22-38)13-15-26)30-10-4-8-28(17-30)27-7-3-6-25(16-27)19-36/h3-18,23,32-35,38-40H,19-22,36H2,1-2H3/t23-,32-,33+,34+,35+/m1/s1. The fraction of sp³-hybridized carbons (Fsp3) is 0.314. The molecular formula is C35H40N2O5. The zero-order valence-corrected chi connectivity index (χ0v) is 24.1. The quantitative estimate of drug-likeness (QED) is 0.201. The van der Waals surface area contributed by atoms with E-state index in [2.05, 4.69) is 36.1 Å². The highest BCUT2D eigenvalue weighted by Crippen LogP contribution is 2.42. The number of benzene rings is 4. The smallest absolute Gasteiger partial charge is 0.184 e.